The van der Waals surface area contributed by atoms with Crippen molar-refractivity contribution in [1.82, 2.24) is 9.78 Å². The van der Waals surface area contributed by atoms with E-state index >= 15 is 0 Å². The highest BCUT2D eigenvalue weighted by molar-refractivity contribution is 5.91. The second-order valence-corrected chi connectivity index (χ2v) is 5.29. The van der Waals surface area contributed by atoms with Crippen LogP contribution in [0.25, 0.3) is 11.3 Å². The number of anilines is 1. The predicted octanol–water partition coefficient (Wildman–Crippen LogP) is 3.70. The molecule has 1 aromatic carbocycles. The van der Waals surface area contributed by atoms with Gasteiger partial charge in [-0.05, 0) is 18.4 Å². The Morgan fingerprint density at radius 3 is 2.48 bits per heavy atom. The molecule has 0 radical (unpaired) electrons. The van der Waals surface area contributed by atoms with Gasteiger partial charge < -0.3 is 5.73 Å². The van der Waals surface area contributed by atoms with Crippen LogP contribution >= 0.6 is 0 Å². The Kier molecular flexibility index (Phi) is 5.14. The van der Waals surface area contributed by atoms with E-state index in [2.05, 4.69) is 31.1 Å². The lowest BCUT2D eigenvalue weighted by Crippen LogP contribution is -2.05. The second-order valence-electron chi connectivity index (χ2n) is 5.29. The maximum Gasteiger partial charge on any atom is 0.156 e. The summed E-state index contributed by atoms with van der Waals surface area (Å²) in [5.41, 5.74) is 9.46. The van der Waals surface area contributed by atoms with Crippen LogP contribution in [0.2, 0.25) is 0 Å². The van der Waals surface area contributed by atoms with Crippen molar-refractivity contribution in [2.45, 2.75) is 46.1 Å². The summed E-state index contributed by atoms with van der Waals surface area (Å²) in [4.78, 5) is 11.3. The van der Waals surface area contributed by atoms with Gasteiger partial charge in [0.05, 0.1) is 5.56 Å². The van der Waals surface area contributed by atoms with E-state index in [-0.39, 0.29) is 0 Å². The summed E-state index contributed by atoms with van der Waals surface area (Å²) in [5, 5.41) is 4.52. The molecule has 0 aliphatic rings. The van der Waals surface area contributed by atoms with Gasteiger partial charge in [-0.2, -0.15) is 5.10 Å². The molecule has 0 atom stereocenters. The Balaban J connectivity index is 2.35. The third-order valence-electron chi connectivity index (χ3n) is 3.64. The first-order valence-corrected chi connectivity index (χ1v) is 7.62. The SMILES string of the molecule is CCCCn1nc(-c2ccc(CCC)cc2)c(C=O)c1N. The van der Waals surface area contributed by atoms with Gasteiger partial charge in [0.2, 0.25) is 0 Å². The Labute approximate surface area is 126 Å². The number of carbonyl (C=O) groups is 1. The number of hydrogen-bond donors (Lipinski definition) is 1. The molecular formula is C17H23N3O. The van der Waals surface area contributed by atoms with Crippen molar-refractivity contribution >= 4 is 12.1 Å². The average molecular weight is 285 g/mol. The van der Waals surface area contributed by atoms with Crippen LogP contribution in [0.5, 0.6) is 0 Å². The van der Waals surface area contributed by atoms with Crippen molar-refractivity contribution in [2.24, 2.45) is 0 Å². The molecule has 2 aromatic rings. The summed E-state index contributed by atoms with van der Waals surface area (Å²) in [6.45, 7) is 5.03. The zero-order chi connectivity index (χ0) is 15.2. The fourth-order valence-corrected chi connectivity index (χ4v) is 2.41. The Bertz CT molecular complexity index is 599. The summed E-state index contributed by atoms with van der Waals surface area (Å²) >= 11 is 0. The maximum atomic E-state index is 11.3. The minimum atomic E-state index is 0.464. The highest BCUT2D eigenvalue weighted by atomic mass is 16.1. The predicted molar refractivity (Wildman–Crippen MR) is 86.4 cm³/mol. The van der Waals surface area contributed by atoms with Crippen molar-refractivity contribution in [3.63, 3.8) is 0 Å². The molecule has 2 N–H and O–H groups in total. The summed E-state index contributed by atoms with van der Waals surface area (Å²) in [6.07, 6.45) is 5.06. The van der Waals surface area contributed by atoms with Crippen molar-refractivity contribution in [3.8, 4) is 11.3 Å². The third kappa shape index (κ3) is 3.32. The number of benzene rings is 1. The van der Waals surface area contributed by atoms with Crippen LogP contribution in [0, 0.1) is 0 Å². The van der Waals surface area contributed by atoms with E-state index in [4.69, 9.17) is 5.73 Å². The molecule has 0 bridgehead atoms. The number of aryl methyl sites for hydroxylation is 2. The van der Waals surface area contributed by atoms with Crippen LogP contribution < -0.4 is 5.73 Å². The Morgan fingerprint density at radius 2 is 1.90 bits per heavy atom. The highest BCUT2D eigenvalue weighted by Crippen LogP contribution is 2.26. The van der Waals surface area contributed by atoms with E-state index in [0.29, 0.717) is 17.1 Å². The minimum Gasteiger partial charge on any atom is -0.383 e. The lowest BCUT2D eigenvalue weighted by Gasteiger charge is -2.02. The van der Waals surface area contributed by atoms with Gasteiger partial charge >= 0.3 is 0 Å². The molecule has 0 amide bonds. The van der Waals surface area contributed by atoms with Crippen molar-refractivity contribution in [1.29, 1.82) is 0 Å². The first-order valence-electron chi connectivity index (χ1n) is 7.62. The average Bonchev–Trinajstić information content (AvgIpc) is 2.82. The molecule has 1 aromatic heterocycles. The van der Waals surface area contributed by atoms with Crippen LogP contribution in [-0.2, 0) is 13.0 Å². The zero-order valence-corrected chi connectivity index (χ0v) is 12.8. The standard InChI is InChI=1S/C17H23N3O/c1-3-5-11-20-17(18)15(12-21)16(19-20)14-9-7-13(6-4-2)8-10-14/h7-10,12H,3-6,11,18H2,1-2H3. The van der Waals surface area contributed by atoms with E-state index in [1.165, 1.54) is 5.56 Å². The number of unbranched alkanes of at least 4 members (excludes halogenated alkanes) is 1. The Hall–Kier alpha value is -2.10. The van der Waals surface area contributed by atoms with Gasteiger partial charge in [0.25, 0.3) is 0 Å². The molecular weight excluding hydrogens is 262 g/mol. The first kappa shape index (κ1) is 15.3. The van der Waals surface area contributed by atoms with E-state index in [0.717, 1.165) is 44.1 Å². The molecule has 0 saturated heterocycles. The number of rotatable bonds is 7. The summed E-state index contributed by atoms with van der Waals surface area (Å²) in [7, 11) is 0. The van der Waals surface area contributed by atoms with Gasteiger partial charge in [0.15, 0.2) is 6.29 Å². The first-order chi connectivity index (χ1) is 10.2. The molecule has 0 aliphatic carbocycles. The topological polar surface area (TPSA) is 60.9 Å². The quantitative estimate of drug-likeness (QED) is 0.789. The smallest absolute Gasteiger partial charge is 0.156 e. The lowest BCUT2D eigenvalue weighted by molar-refractivity contribution is 0.112. The van der Waals surface area contributed by atoms with Gasteiger partial charge in [-0.15, -0.1) is 0 Å². The summed E-state index contributed by atoms with van der Waals surface area (Å²) in [5.74, 6) is 0.464. The molecule has 0 saturated carbocycles. The molecule has 0 fully saturated rings. The van der Waals surface area contributed by atoms with Crippen LogP contribution in [0.15, 0.2) is 24.3 Å². The lowest BCUT2D eigenvalue weighted by atomic mass is 10.0. The fraction of sp³-hybridized carbons (Fsp3) is 0.412. The second kappa shape index (κ2) is 7.07. The summed E-state index contributed by atoms with van der Waals surface area (Å²) in [6, 6.07) is 8.22. The number of carbonyl (C=O) groups excluding carboxylic acids is 1. The van der Waals surface area contributed by atoms with Crippen LogP contribution in [0.1, 0.15) is 49.0 Å². The van der Waals surface area contributed by atoms with E-state index in [1.54, 1.807) is 4.68 Å². The fourth-order valence-electron chi connectivity index (χ4n) is 2.41. The van der Waals surface area contributed by atoms with Crippen LogP contribution in [-0.4, -0.2) is 16.1 Å². The van der Waals surface area contributed by atoms with Gasteiger partial charge in [-0.1, -0.05) is 51.0 Å². The molecule has 2 rings (SSSR count). The van der Waals surface area contributed by atoms with Gasteiger partial charge in [0.1, 0.15) is 11.5 Å². The summed E-state index contributed by atoms with van der Waals surface area (Å²) < 4.78 is 1.74. The van der Waals surface area contributed by atoms with Crippen molar-refractivity contribution in [2.75, 3.05) is 5.73 Å². The number of aromatic nitrogens is 2. The molecule has 0 unspecified atom stereocenters. The molecule has 1 heterocycles. The van der Waals surface area contributed by atoms with Crippen LogP contribution in [0.3, 0.4) is 0 Å². The van der Waals surface area contributed by atoms with E-state index in [9.17, 15) is 4.79 Å². The number of nitrogens with two attached hydrogens (primary N) is 1. The largest absolute Gasteiger partial charge is 0.383 e. The number of nitrogens with zero attached hydrogens (tertiary/aromatic N) is 2. The molecule has 4 nitrogen and oxygen atoms in total. The molecule has 0 spiro atoms. The highest BCUT2D eigenvalue weighted by Gasteiger charge is 2.16. The monoisotopic (exact) mass is 285 g/mol. The number of nitrogen functional groups attached to an aromatic ring is 1. The van der Waals surface area contributed by atoms with Crippen molar-refractivity contribution < 1.29 is 4.79 Å². The molecule has 0 aliphatic heterocycles. The van der Waals surface area contributed by atoms with Gasteiger partial charge in [-0.3, -0.25) is 4.79 Å². The third-order valence-corrected chi connectivity index (χ3v) is 3.64. The van der Waals surface area contributed by atoms with E-state index < -0.39 is 0 Å². The number of aldehydes is 1. The zero-order valence-electron chi connectivity index (χ0n) is 12.8. The number of hydrogen-bond acceptors (Lipinski definition) is 3. The normalized spacial score (nSPS) is 10.8. The Morgan fingerprint density at radius 1 is 1.19 bits per heavy atom. The minimum absolute atomic E-state index is 0.464. The maximum absolute atomic E-state index is 11.3. The van der Waals surface area contributed by atoms with Crippen LogP contribution in [0.4, 0.5) is 5.82 Å². The molecule has 21 heavy (non-hydrogen) atoms. The van der Waals surface area contributed by atoms with E-state index in [1.807, 2.05) is 12.1 Å². The van der Waals surface area contributed by atoms with Crippen molar-refractivity contribution in [3.05, 3.63) is 35.4 Å². The molecule has 112 valence electrons. The van der Waals surface area contributed by atoms with Gasteiger partial charge in [-0.25, -0.2) is 4.68 Å². The van der Waals surface area contributed by atoms with Gasteiger partial charge in [0, 0.05) is 12.1 Å². The molecule has 4 heteroatoms.